The van der Waals surface area contributed by atoms with Crippen LogP contribution in [0.1, 0.15) is 6.92 Å². The van der Waals surface area contributed by atoms with Crippen LogP contribution in [0.15, 0.2) is 17.8 Å². The molecule has 0 fully saturated rings. The van der Waals surface area contributed by atoms with Gasteiger partial charge in [-0.2, -0.15) is 5.10 Å². The molecule has 0 rings (SSSR count). The monoisotopic (exact) mass is 98.1 g/mol. The Kier molecular flexibility index (Phi) is 3.02. The van der Waals surface area contributed by atoms with Gasteiger partial charge in [0.25, 0.3) is 0 Å². The van der Waals surface area contributed by atoms with Crippen LogP contribution in [-0.2, 0) is 0 Å². The van der Waals surface area contributed by atoms with Crippen molar-refractivity contribution in [1.29, 1.82) is 0 Å². The molecule has 0 saturated heterocycles. The molecule has 0 spiro atoms. The standard InChI is InChI=1S/C5H10N2/c1-4-5(2)7-6-3/h4,6H,1H2,2-3H3. The molecule has 0 heterocycles. The molecule has 0 radical (unpaired) electrons. The summed E-state index contributed by atoms with van der Waals surface area (Å²) in [6, 6.07) is 0. The van der Waals surface area contributed by atoms with Crippen LogP contribution in [-0.4, -0.2) is 12.8 Å². The van der Waals surface area contributed by atoms with E-state index >= 15 is 0 Å². The predicted molar refractivity (Wildman–Crippen MR) is 32.4 cm³/mol. The van der Waals surface area contributed by atoms with Gasteiger partial charge in [0.15, 0.2) is 0 Å². The Hall–Kier alpha value is -0.790. The van der Waals surface area contributed by atoms with Crippen molar-refractivity contribution in [3.63, 3.8) is 0 Å². The van der Waals surface area contributed by atoms with E-state index < -0.39 is 0 Å². The highest BCUT2D eigenvalue weighted by Gasteiger charge is 1.72. The number of nitrogens with one attached hydrogen (secondary N) is 1. The molecule has 0 aliphatic rings. The van der Waals surface area contributed by atoms with Crippen molar-refractivity contribution in [3.8, 4) is 0 Å². The summed E-state index contributed by atoms with van der Waals surface area (Å²) in [5.74, 6) is 0. The van der Waals surface area contributed by atoms with E-state index in [2.05, 4.69) is 17.1 Å². The first-order chi connectivity index (χ1) is 3.31. The lowest BCUT2D eigenvalue weighted by Gasteiger charge is -1.86. The lowest BCUT2D eigenvalue weighted by molar-refractivity contribution is 0.901. The van der Waals surface area contributed by atoms with Gasteiger partial charge in [-0.05, 0) is 13.0 Å². The zero-order valence-electron chi connectivity index (χ0n) is 4.73. The minimum absolute atomic E-state index is 0.905. The molecule has 1 N–H and O–H groups in total. The molecule has 2 nitrogen and oxygen atoms in total. The second-order valence-corrected chi connectivity index (χ2v) is 1.18. The van der Waals surface area contributed by atoms with Crippen molar-refractivity contribution in [2.45, 2.75) is 6.92 Å². The fourth-order valence-electron chi connectivity index (χ4n) is 0.222. The summed E-state index contributed by atoms with van der Waals surface area (Å²) >= 11 is 0. The zero-order chi connectivity index (χ0) is 5.70. The number of rotatable bonds is 2. The van der Waals surface area contributed by atoms with E-state index in [4.69, 9.17) is 0 Å². The predicted octanol–water partition coefficient (Wildman–Crippen LogP) is 0.768. The van der Waals surface area contributed by atoms with Crippen LogP contribution in [0.2, 0.25) is 0 Å². The van der Waals surface area contributed by atoms with Crippen LogP contribution in [0, 0.1) is 0 Å². The van der Waals surface area contributed by atoms with Gasteiger partial charge in [-0.15, -0.1) is 0 Å². The third-order valence-electron chi connectivity index (χ3n) is 0.584. The van der Waals surface area contributed by atoms with Gasteiger partial charge in [-0.25, -0.2) is 0 Å². The maximum absolute atomic E-state index is 3.79. The second-order valence-electron chi connectivity index (χ2n) is 1.18. The van der Waals surface area contributed by atoms with Crippen LogP contribution in [0.4, 0.5) is 0 Å². The smallest absolute Gasteiger partial charge is 0.0566 e. The lowest BCUT2D eigenvalue weighted by atomic mass is 10.4. The first-order valence-corrected chi connectivity index (χ1v) is 2.14. The molecular weight excluding hydrogens is 88.1 g/mol. The topological polar surface area (TPSA) is 24.4 Å². The van der Waals surface area contributed by atoms with E-state index in [1.807, 2.05) is 6.92 Å². The molecule has 0 unspecified atom stereocenters. The second kappa shape index (κ2) is 3.40. The Morgan fingerprint density at radius 3 is 2.57 bits per heavy atom. The zero-order valence-corrected chi connectivity index (χ0v) is 4.73. The van der Waals surface area contributed by atoms with Gasteiger partial charge in [-0.3, -0.25) is 0 Å². The van der Waals surface area contributed by atoms with Crippen LogP contribution in [0.3, 0.4) is 0 Å². The average molecular weight is 98.1 g/mol. The molecule has 7 heavy (non-hydrogen) atoms. The number of hydrogen-bond donors (Lipinski definition) is 1. The average Bonchev–Trinajstić information content (AvgIpc) is 1.68. The van der Waals surface area contributed by atoms with Gasteiger partial charge in [0.1, 0.15) is 0 Å². The Labute approximate surface area is 43.9 Å². The highest BCUT2D eigenvalue weighted by molar-refractivity contribution is 5.91. The highest BCUT2D eigenvalue weighted by atomic mass is 15.3. The SMILES string of the molecule is C=CC(C)=NNC. The van der Waals surface area contributed by atoms with E-state index in [0.29, 0.717) is 0 Å². The fraction of sp³-hybridized carbons (Fsp3) is 0.400. The summed E-state index contributed by atoms with van der Waals surface area (Å²) in [6.07, 6.45) is 1.69. The van der Waals surface area contributed by atoms with Gasteiger partial charge in [0.2, 0.25) is 0 Å². The molecule has 0 bridgehead atoms. The van der Waals surface area contributed by atoms with Crippen LogP contribution < -0.4 is 5.43 Å². The third-order valence-corrected chi connectivity index (χ3v) is 0.584. The summed E-state index contributed by atoms with van der Waals surface area (Å²) in [5, 5.41) is 3.79. The molecule has 0 saturated carbocycles. The van der Waals surface area contributed by atoms with Crippen molar-refractivity contribution >= 4 is 5.71 Å². The van der Waals surface area contributed by atoms with Gasteiger partial charge >= 0.3 is 0 Å². The summed E-state index contributed by atoms with van der Waals surface area (Å²) in [4.78, 5) is 0. The number of hydrogen-bond acceptors (Lipinski definition) is 2. The van der Waals surface area contributed by atoms with Crippen molar-refractivity contribution in [3.05, 3.63) is 12.7 Å². The van der Waals surface area contributed by atoms with E-state index in [-0.39, 0.29) is 0 Å². The fourth-order valence-corrected chi connectivity index (χ4v) is 0.222. The maximum atomic E-state index is 3.79. The first kappa shape index (κ1) is 6.21. The van der Waals surface area contributed by atoms with E-state index in [1.165, 1.54) is 0 Å². The van der Waals surface area contributed by atoms with Gasteiger partial charge in [0.05, 0.1) is 5.71 Å². The van der Waals surface area contributed by atoms with Crippen molar-refractivity contribution < 1.29 is 0 Å². The Morgan fingerprint density at radius 2 is 2.43 bits per heavy atom. The highest BCUT2D eigenvalue weighted by Crippen LogP contribution is 1.70. The first-order valence-electron chi connectivity index (χ1n) is 2.14. The lowest BCUT2D eigenvalue weighted by Crippen LogP contribution is -1.97. The maximum Gasteiger partial charge on any atom is 0.0566 e. The number of hydrazone groups is 1. The Bertz CT molecular complexity index is 84.1. The third kappa shape index (κ3) is 3.03. The molecule has 40 valence electrons. The quantitative estimate of drug-likeness (QED) is 0.400. The molecular formula is C5H10N2. The van der Waals surface area contributed by atoms with Crippen molar-refractivity contribution in [1.82, 2.24) is 5.43 Å². The molecule has 0 aliphatic carbocycles. The van der Waals surface area contributed by atoms with Crippen LogP contribution in [0.25, 0.3) is 0 Å². The molecule has 0 aromatic rings. The minimum atomic E-state index is 0.905. The largest absolute Gasteiger partial charge is 0.313 e. The molecule has 0 aromatic heterocycles. The number of nitrogens with zero attached hydrogens (tertiary/aromatic N) is 1. The summed E-state index contributed by atoms with van der Waals surface area (Å²) in [7, 11) is 1.76. The Morgan fingerprint density at radius 1 is 1.86 bits per heavy atom. The van der Waals surface area contributed by atoms with E-state index in [1.54, 1.807) is 13.1 Å². The van der Waals surface area contributed by atoms with Gasteiger partial charge < -0.3 is 5.43 Å². The van der Waals surface area contributed by atoms with E-state index in [9.17, 15) is 0 Å². The normalized spacial score (nSPS) is 10.9. The molecule has 0 atom stereocenters. The van der Waals surface area contributed by atoms with E-state index in [0.717, 1.165) is 5.71 Å². The minimum Gasteiger partial charge on any atom is -0.313 e. The summed E-state index contributed by atoms with van der Waals surface area (Å²) in [6.45, 7) is 5.39. The van der Waals surface area contributed by atoms with Crippen molar-refractivity contribution in [2.75, 3.05) is 7.05 Å². The molecule has 0 aliphatic heterocycles. The molecule has 2 heteroatoms. The summed E-state index contributed by atoms with van der Waals surface area (Å²) in [5.41, 5.74) is 3.54. The van der Waals surface area contributed by atoms with Gasteiger partial charge in [-0.1, -0.05) is 6.58 Å². The molecule has 0 aromatic carbocycles. The summed E-state index contributed by atoms with van der Waals surface area (Å²) < 4.78 is 0. The van der Waals surface area contributed by atoms with Crippen LogP contribution in [0.5, 0.6) is 0 Å². The number of allylic oxidation sites excluding steroid dienone is 1. The Balaban J connectivity index is 3.49. The molecule has 0 amide bonds. The van der Waals surface area contributed by atoms with Crippen LogP contribution >= 0.6 is 0 Å². The van der Waals surface area contributed by atoms with Gasteiger partial charge in [0, 0.05) is 7.05 Å². The van der Waals surface area contributed by atoms with Crippen molar-refractivity contribution in [2.24, 2.45) is 5.10 Å².